The second-order valence-corrected chi connectivity index (χ2v) is 34.3. The zero-order valence-electron chi connectivity index (χ0n) is 73.4. The summed E-state index contributed by atoms with van der Waals surface area (Å²) in [4.78, 5) is 38.1. The van der Waals surface area contributed by atoms with E-state index in [4.69, 9.17) is 0 Å². The van der Waals surface area contributed by atoms with E-state index in [2.05, 4.69) is 514 Å². The fourth-order valence-electron chi connectivity index (χ4n) is 20.1. The molecule has 8 aromatic rings. The summed E-state index contributed by atoms with van der Waals surface area (Å²) >= 11 is 0. The van der Waals surface area contributed by atoms with Crippen LogP contribution in [0.25, 0.3) is 21.5 Å². The molecule has 0 amide bonds. The van der Waals surface area contributed by atoms with Crippen molar-refractivity contribution in [2.45, 2.75) is 159 Å². The van der Waals surface area contributed by atoms with Gasteiger partial charge in [0.2, 0.25) is 0 Å². The van der Waals surface area contributed by atoms with Crippen LogP contribution in [0.4, 0.5) is 68.2 Å². The molecule has 0 fully saturated rings. The van der Waals surface area contributed by atoms with Gasteiger partial charge in [-0.1, -0.05) is 111 Å². The predicted molar refractivity (Wildman–Crippen MR) is 512 cm³/mol. The summed E-state index contributed by atoms with van der Waals surface area (Å²) in [5.74, 6) is 0.462. The lowest BCUT2D eigenvalue weighted by atomic mass is 9.97. The van der Waals surface area contributed by atoms with Crippen LogP contribution in [0.5, 0.6) is 0 Å². The third kappa shape index (κ3) is 13.1. The van der Waals surface area contributed by atoms with Crippen LogP contribution in [0.1, 0.15) is 109 Å². The fraction of sp³-hybridized carbons (Fsp3) is 0.245. The highest BCUT2D eigenvalue weighted by Gasteiger charge is 2.40. The van der Waals surface area contributed by atoms with E-state index < -0.39 is 0 Å². The van der Waals surface area contributed by atoms with Crippen LogP contribution in [0.2, 0.25) is 0 Å². The first-order valence-corrected chi connectivity index (χ1v) is 43.4. The highest BCUT2D eigenvalue weighted by Crippen LogP contribution is 2.52. The maximum atomic E-state index is 2.51. The lowest BCUT2D eigenvalue weighted by Gasteiger charge is -2.46. The van der Waals surface area contributed by atoms with E-state index in [1.54, 1.807) is 0 Å². The van der Waals surface area contributed by atoms with Crippen LogP contribution in [-0.2, 0) is 0 Å². The molecule has 16 heteroatoms. The van der Waals surface area contributed by atoms with Gasteiger partial charge in [0.25, 0.3) is 0 Å². The number of benzene rings is 8. The fourth-order valence-corrected chi connectivity index (χ4v) is 20.1. The predicted octanol–water partition coefficient (Wildman–Crippen LogP) is 23.9. The van der Waals surface area contributed by atoms with Crippen molar-refractivity contribution in [2.24, 2.45) is 0 Å². The number of aryl methyl sites for hydroxylation is 1. The number of rotatable bonds is 9. The smallest absolute Gasteiger partial charge is 0.107 e. The molecule has 22 rings (SSSR count). The summed E-state index contributed by atoms with van der Waals surface area (Å²) in [6.07, 6.45) is 66.7. The van der Waals surface area contributed by atoms with E-state index in [0.717, 1.165) is 0 Å². The van der Waals surface area contributed by atoms with Gasteiger partial charge in [-0.15, -0.1) is 0 Å². The highest BCUT2D eigenvalue weighted by atomic mass is 15.4. The molecule has 0 saturated carbocycles. The number of nitrogens with zero attached hydrogens (tertiary/aromatic N) is 16. The third-order valence-corrected chi connectivity index (χ3v) is 27.1. The van der Waals surface area contributed by atoms with Gasteiger partial charge in [-0.3, -0.25) is 0 Å². The van der Waals surface area contributed by atoms with Crippen molar-refractivity contribution in [3.8, 4) is 0 Å². The molecule has 122 heavy (non-hydrogen) atoms. The average molecular weight is 1610 g/mol. The number of allylic oxidation sites excluding steroid dienone is 18. The van der Waals surface area contributed by atoms with Crippen molar-refractivity contribution in [1.29, 1.82) is 0 Å². The molecule has 8 atom stereocenters. The van der Waals surface area contributed by atoms with E-state index in [1.807, 2.05) is 0 Å². The van der Waals surface area contributed by atoms with Crippen molar-refractivity contribution < 1.29 is 0 Å². The molecule has 14 aliphatic rings. The second-order valence-electron chi connectivity index (χ2n) is 34.3. The number of anilines is 12. The van der Waals surface area contributed by atoms with Gasteiger partial charge >= 0.3 is 0 Å². The van der Waals surface area contributed by atoms with E-state index in [-0.39, 0.29) is 49.3 Å². The van der Waals surface area contributed by atoms with E-state index in [9.17, 15) is 0 Å². The Morgan fingerprint density at radius 2 is 0.467 bits per heavy atom. The molecule has 0 bridgehead atoms. The van der Waals surface area contributed by atoms with E-state index in [0.29, 0.717) is 5.92 Å². The molecule has 0 spiro atoms. The average Bonchev–Trinajstić information content (AvgIpc) is 1.09. The van der Waals surface area contributed by atoms with Gasteiger partial charge in [0.1, 0.15) is 49.3 Å². The monoisotopic (exact) mass is 1610 g/mol. The van der Waals surface area contributed by atoms with Crippen LogP contribution in [0.15, 0.2) is 351 Å². The highest BCUT2D eigenvalue weighted by molar-refractivity contribution is 6.09. The van der Waals surface area contributed by atoms with Gasteiger partial charge < -0.3 is 78.4 Å². The summed E-state index contributed by atoms with van der Waals surface area (Å²) in [7, 11) is 4.42. The lowest BCUT2D eigenvalue weighted by molar-refractivity contribution is 0.401. The molecule has 0 radical (unpaired) electrons. The Kier molecular flexibility index (Phi) is 20.0. The van der Waals surface area contributed by atoms with Gasteiger partial charge in [-0.2, -0.15) is 0 Å². The van der Waals surface area contributed by atoms with Gasteiger partial charge in [-0.05, 0) is 286 Å². The molecular formula is C106H112N16. The Morgan fingerprint density at radius 1 is 0.238 bits per heavy atom. The molecule has 14 heterocycles. The first-order valence-electron chi connectivity index (χ1n) is 43.4. The zero-order chi connectivity index (χ0) is 84.4. The Labute approximate surface area is 721 Å². The lowest BCUT2D eigenvalue weighted by Crippen LogP contribution is -2.46. The maximum absolute atomic E-state index is 2.51. The van der Waals surface area contributed by atoms with Crippen LogP contribution < -0.4 is 49.0 Å². The number of hydrogen-bond acceptors (Lipinski definition) is 16. The number of fused-ring (bicyclic) bond motifs is 6. The second kappa shape index (κ2) is 31.2. The maximum Gasteiger partial charge on any atom is 0.107 e. The normalized spacial score (nSPS) is 22.8. The summed E-state index contributed by atoms with van der Waals surface area (Å²) in [6, 6.07) is 49.4. The molecular weight excluding hydrogens is 1500 g/mol. The van der Waals surface area contributed by atoms with Crippen molar-refractivity contribution >= 4 is 89.8 Å². The molecule has 0 aromatic heterocycles. The zero-order valence-corrected chi connectivity index (χ0v) is 73.4. The topological polar surface area (TPSA) is 51.8 Å². The first-order chi connectivity index (χ1) is 59.1. The molecule has 616 valence electrons. The Morgan fingerprint density at radius 3 is 0.746 bits per heavy atom. The minimum atomic E-state index is 0.181. The molecule has 1 unspecified atom stereocenters. The van der Waals surface area contributed by atoms with Crippen LogP contribution in [0.3, 0.4) is 0 Å². The summed E-state index contributed by atoms with van der Waals surface area (Å²) in [6.45, 7) is 33.9. The summed E-state index contributed by atoms with van der Waals surface area (Å²) in [5, 5.41) is 5.20. The SMILES string of the molecule is Cc1c(N2C=C3C=CC=CN3[C@H]2C)cc(C(C)C)cc1N1C=C2C=CC=CN2[C@@H]1C.Cc1c(N2C=C3C=CC=CN3[C@H]2C)cccc1N1C=C2C=CC=CN2[C@@H]1C.Cc1c(N2c3cccc4cccc(c34)N(C)C2C)cccc1N1c2cccc3cccc(c23)N(C)[C@@H]1C.Cc1cc(N2C=C3C=CC=CN3[C@H]2C)c(C)c(N2C=C3C=CC=CN3[C@@H]2C)c1. The van der Waals surface area contributed by atoms with Crippen LogP contribution >= 0.6 is 0 Å². The van der Waals surface area contributed by atoms with E-state index >= 15 is 0 Å². The van der Waals surface area contributed by atoms with Gasteiger partial charge in [0.15, 0.2) is 0 Å². The number of hydrogen-bond donors (Lipinski definition) is 0. The van der Waals surface area contributed by atoms with E-state index in [1.165, 1.54) is 157 Å². The van der Waals surface area contributed by atoms with Gasteiger partial charge in [0.05, 0.1) is 45.6 Å². The minimum absolute atomic E-state index is 0.181. The standard InChI is InChI=1S/C33H32N4.C26H30N4.C24H26N4.C23H24N4/c1-21-26(36-22(2)34(4)28-17-6-11-24-13-8-19-30(36)32(24)28)15-10-16-27(21)37-23(3)35(5)29-18-7-12-25-14-9-20-31(37)33(25)29;1-18(2)22-14-25(29-16-23-10-6-8-12-27(23)20(29)4)19(3)26(15-22)30-17-24-11-7-9-13-28(24)21(30)5;1-17-13-23(27-15-21-9-5-7-11-25(21)19(27)3)18(2)24(14-17)28-16-22-10-6-8-12-26(22)20(28)4;1-17-22(26-15-20-9-4-6-13-24(20)18(26)2)11-8-12-23(17)27-16-21-10-5-7-14-25(21)19(27)3/h6-20,22-23H,1-5H3;6-18,20-21H,1-5H3;5-16,19-20H,1-4H3;4-16,18-19H,1-3H3/t22-,23?;20-,21+;19-,20+;18-,19+/m0.../s1. The molecule has 8 aromatic carbocycles. The van der Waals surface area contributed by atoms with Crippen molar-refractivity contribution in [2.75, 3.05) is 63.1 Å². The summed E-state index contributed by atoms with van der Waals surface area (Å²) < 4.78 is 0. The minimum Gasteiger partial charge on any atom is -0.354 e. The molecule has 14 aliphatic heterocycles. The molecule has 0 aliphatic carbocycles. The molecule has 16 nitrogen and oxygen atoms in total. The quantitative estimate of drug-likeness (QED) is 0.138. The first kappa shape index (κ1) is 78.3. The summed E-state index contributed by atoms with van der Waals surface area (Å²) in [5.41, 5.74) is 30.5. The molecule has 0 N–H and O–H groups in total. The van der Waals surface area contributed by atoms with Crippen LogP contribution in [0, 0.1) is 34.6 Å². The van der Waals surface area contributed by atoms with Crippen molar-refractivity contribution in [1.82, 2.24) is 29.4 Å². The van der Waals surface area contributed by atoms with Crippen LogP contribution in [-0.4, -0.2) is 92.8 Å². The third-order valence-electron chi connectivity index (χ3n) is 27.1. The van der Waals surface area contributed by atoms with Gasteiger partial charge in [-0.25, -0.2) is 0 Å². The van der Waals surface area contributed by atoms with Crippen molar-refractivity contribution in [3.05, 3.63) is 385 Å². The Hall–Kier alpha value is -13.6. The largest absolute Gasteiger partial charge is 0.354 e. The van der Waals surface area contributed by atoms with Gasteiger partial charge in [0, 0.05) is 156 Å². The molecule has 0 saturated heterocycles. The Bertz CT molecular complexity index is 5820. The Balaban J connectivity index is 0.000000108. The van der Waals surface area contributed by atoms with Crippen molar-refractivity contribution in [3.63, 3.8) is 0 Å².